The van der Waals surface area contributed by atoms with E-state index >= 15 is 0 Å². The number of ketones is 1. The average molecular weight is 286 g/mol. The third-order valence-corrected chi connectivity index (χ3v) is 3.13. The maximum Gasteiger partial charge on any atom is 0.167 e. The number of methoxy groups -OCH3 is 1. The molecule has 4 nitrogen and oxygen atoms in total. The Bertz CT molecular complexity index is 634. The zero-order valence-corrected chi connectivity index (χ0v) is 12.1. The molecule has 0 unspecified atom stereocenters. The molecule has 0 radical (unpaired) electrons. The summed E-state index contributed by atoms with van der Waals surface area (Å²) in [4.78, 5) is 11.8. The van der Waals surface area contributed by atoms with Gasteiger partial charge in [0.25, 0.3) is 0 Å². The lowest BCUT2D eigenvalue weighted by Crippen LogP contribution is -2.02. The van der Waals surface area contributed by atoms with Crippen molar-refractivity contribution in [2.45, 2.75) is 13.3 Å². The van der Waals surface area contributed by atoms with Crippen LogP contribution in [-0.4, -0.2) is 24.6 Å². The van der Waals surface area contributed by atoms with Gasteiger partial charge >= 0.3 is 0 Å². The van der Waals surface area contributed by atoms with Crippen LogP contribution >= 0.6 is 0 Å². The van der Waals surface area contributed by atoms with Crippen molar-refractivity contribution < 1.29 is 19.4 Å². The van der Waals surface area contributed by atoms with Crippen molar-refractivity contribution in [3.63, 3.8) is 0 Å². The highest BCUT2D eigenvalue weighted by Gasteiger charge is 2.16. The number of carbonyl (C=O) groups excluding carboxylic acids is 1. The van der Waals surface area contributed by atoms with Crippen molar-refractivity contribution >= 4 is 5.78 Å². The highest BCUT2D eigenvalue weighted by atomic mass is 16.5. The summed E-state index contributed by atoms with van der Waals surface area (Å²) in [6.45, 7) is 1.52. The molecule has 110 valence electrons. The second-order valence-electron chi connectivity index (χ2n) is 4.57. The first-order chi connectivity index (χ1) is 10.2. The van der Waals surface area contributed by atoms with Gasteiger partial charge in [-0.05, 0) is 37.1 Å². The van der Waals surface area contributed by atoms with E-state index in [4.69, 9.17) is 14.6 Å². The smallest absolute Gasteiger partial charge is 0.167 e. The van der Waals surface area contributed by atoms with Crippen LogP contribution in [0.3, 0.4) is 0 Å². The fourth-order valence-electron chi connectivity index (χ4n) is 2.16. The fourth-order valence-corrected chi connectivity index (χ4v) is 2.16. The van der Waals surface area contributed by atoms with E-state index in [1.807, 2.05) is 24.3 Å². The van der Waals surface area contributed by atoms with E-state index in [9.17, 15) is 4.79 Å². The van der Waals surface area contributed by atoms with Gasteiger partial charge in [-0.1, -0.05) is 24.3 Å². The van der Waals surface area contributed by atoms with Gasteiger partial charge in [0.2, 0.25) is 0 Å². The number of hydrogen-bond acceptors (Lipinski definition) is 4. The molecule has 2 rings (SSSR count). The predicted octanol–water partition coefficient (Wildman–Crippen LogP) is 3.22. The van der Waals surface area contributed by atoms with Crippen LogP contribution in [0.5, 0.6) is 17.2 Å². The Morgan fingerprint density at radius 2 is 1.71 bits per heavy atom. The standard InChI is InChI=1S/C17H18O4/c1-12(19)17-15(20-2)8-5-9-16(17)21-14-7-4-3-6-13(14)10-11-18/h3-9,18H,10-11H2,1-2H3. The van der Waals surface area contributed by atoms with Crippen LogP contribution in [0.4, 0.5) is 0 Å². The van der Waals surface area contributed by atoms with Crippen LogP contribution in [0.1, 0.15) is 22.8 Å². The van der Waals surface area contributed by atoms with Gasteiger partial charge in [0, 0.05) is 6.61 Å². The van der Waals surface area contributed by atoms with Crippen molar-refractivity contribution in [1.82, 2.24) is 0 Å². The molecule has 2 aromatic carbocycles. The number of Topliss-reactive ketones (excluding diaryl/α,β-unsaturated/α-hetero) is 1. The van der Waals surface area contributed by atoms with Crippen LogP contribution in [0, 0.1) is 0 Å². The van der Waals surface area contributed by atoms with E-state index < -0.39 is 0 Å². The first-order valence-corrected chi connectivity index (χ1v) is 6.72. The lowest BCUT2D eigenvalue weighted by molar-refractivity contribution is 0.101. The van der Waals surface area contributed by atoms with Gasteiger partial charge < -0.3 is 14.6 Å². The first kappa shape index (κ1) is 15.1. The van der Waals surface area contributed by atoms with Crippen molar-refractivity contribution in [2.24, 2.45) is 0 Å². The molecule has 0 aromatic heterocycles. The molecule has 0 aliphatic rings. The van der Waals surface area contributed by atoms with Crippen molar-refractivity contribution in [3.8, 4) is 17.2 Å². The minimum atomic E-state index is -0.123. The Kier molecular flexibility index (Phi) is 4.95. The van der Waals surface area contributed by atoms with E-state index in [1.54, 1.807) is 18.2 Å². The van der Waals surface area contributed by atoms with Gasteiger partial charge in [-0.15, -0.1) is 0 Å². The summed E-state index contributed by atoms with van der Waals surface area (Å²) in [5.74, 6) is 1.44. The molecule has 0 aliphatic heterocycles. The van der Waals surface area contributed by atoms with Gasteiger partial charge in [0.1, 0.15) is 22.8 Å². The Morgan fingerprint density at radius 1 is 1.05 bits per heavy atom. The molecule has 0 bridgehead atoms. The zero-order valence-electron chi connectivity index (χ0n) is 12.1. The quantitative estimate of drug-likeness (QED) is 0.828. The third-order valence-electron chi connectivity index (χ3n) is 3.13. The second-order valence-corrected chi connectivity index (χ2v) is 4.57. The topological polar surface area (TPSA) is 55.8 Å². The van der Waals surface area contributed by atoms with Crippen LogP contribution in [-0.2, 0) is 6.42 Å². The highest BCUT2D eigenvalue weighted by Crippen LogP contribution is 2.33. The molecule has 4 heteroatoms. The maximum absolute atomic E-state index is 11.8. The largest absolute Gasteiger partial charge is 0.496 e. The molecule has 0 fully saturated rings. The Labute approximate surface area is 123 Å². The molecule has 21 heavy (non-hydrogen) atoms. The summed E-state index contributed by atoms with van der Waals surface area (Å²) in [6, 6.07) is 12.7. The third kappa shape index (κ3) is 3.41. The number of rotatable bonds is 6. The normalized spacial score (nSPS) is 10.2. The molecular weight excluding hydrogens is 268 g/mol. The summed E-state index contributed by atoms with van der Waals surface area (Å²) in [7, 11) is 1.52. The number of ether oxygens (including phenoxy) is 2. The van der Waals surface area contributed by atoms with E-state index in [-0.39, 0.29) is 12.4 Å². The van der Waals surface area contributed by atoms with E-state index in [0.29, 0.717) is 29.2 Å². The van der Waals surface area contributed by atoms with Crippen LogP contribution in [0.25, 0.3) is 0 Å². The van der Waals surface area contributed by atoms with Crippen molar-refractivity contribution in [1.29, 1.82) is 0 Å². The summed E-state index contributed by atoms with van der Waals surface area (Å²) >= 11 is 0. The molecule has 1 N–H and O–H groups in total. The van der Waals surface area contributed by atoms with E-state index in [2.05, 4.69) is 0 Å². The molecule has 0 saturated carbocycles. The summed E-state index contributed by atoms with van der Waals surface area (Å²) in [6.07, 6.45) is 0.496. The number of carbonyl (C=O) groups is 1. The molecule has 0 saturated heterocycles. The predicted molar refractivity (Wildman–Crippen MR) is 80.3 cm³/mol. The summed E-state index contributed by atoms with van der Waals surface area (Å²) in [5.41, 5.74) is 1.30. The van der Waals surface area contributed by atoms with Gasteiger partial charge in [0.05, 0.1) is 7.11 Å². The van der Waals surface area contributed by atoms with Crippen LogP contribution in [0.15, 0.2) is 42.5 Å². The lowest BCUT2D eigenvalue weighted by Gasteiger charge is -2.14. The van der Waals surface area contributed by atoms with Crippen molar-refractivity contribution in [3.05, 3.63) is 53.6 Å². The minimum Gasteiger partial charge on any atom is -0.496 e. The molecule has 0 aliphatic carbocycles. The van der Waals surface area contributed by atoms with Gasteiger partial charge in [-0.25, -0.2) is 0 Å². The molecule has 2 aromatic rings. The zero-order chi connectivity index (χ0) is 15.2. The lowest BCUT2D eigenvalue weighted by atomic mass is 10.1. The molecule has 0 spiro atoms. The van der Waals surface area contributed by atoms with Gasteiger partial charge in [-0.3, -0.25) is 4.79 Å². The number of benzene rings is 2. The highest BCUT2D eigenvalue weighted by molar-refractivity contribution is 5.99. The SMILES string of the molecule is COc1cccc(Oc2ccccc2CCO)c1C(C)=O. The Balaban J connectivity index is 2.42. The van der Waals surface area contributed by atoms with Gasteiger partial charge in [-0.2, -0.15) is 0 Å². The van der Waals surface area contributed by atoms with Crippen LogP contribution in [0.2, 0.25) is 0 Å². The van der Waals surface area contributed by atoms with Crippen LogP contribution < -0.4 is 9.47 Å². The summed E-state index contributed by atoms with van der Waals surface area (Å²) < 4.78 is 11.1. The number of hydrogen-bond donors (Lipinski definition) is 1. The van der Waals surface area contributed by atoms with E-state index in [1.165, 1.54) is 14.0 Å². The number of para-hydroxylation sites is 1. The Hall–Kier alpha value is -2.33. The van der Waals surface area contributed by atoms with Crippen molar-refractivity contribution in [2.75, 3.05) is 13.7 Å². The monoisotopic (exact) mass is 286 g/mol. The van der Waals surface area contributed by atoms with Gasteiger partial charge in [0.15, 0.2) is 5.78 Å². The second kappa shape index (κ2) is 6.90. The minimum absolute atomic E-state index is 0.0397. The first-order valence-electron chi connectivity index (χ1n) is 6.72. The fraction of sp³-hybridized carbons (Fsp3) is 0.235. The molecule has 0 atom stereocenters. The number of aliphatic hydroxyl groups is 1. The maximum atomic E-state index is 11.8. The molecular formula is C17H18O4. The number of aliphatic hydroxyl groups excluding tert-OH is 1. The molecule has 0 heterocycles. The molecule has 0 amide bonds. The summed E-state index contributed by atoms with van der Waals surface area (Å²) in [5, 5.41) is 9.11. The Morgan fingerprint density at radius 3 is 2.38 bits per heavy atom. The average Bonchev–Trinajstić information content (AvgIpc) is 2.49. The van der Waals surface area contributed by atoms with E-state index in [0.717, 1.165) is 5.56 Å².